The summed E-state index contributed by atoms with van der Waals surface area (Å²) in [7, 11) is 0. The summed E-state index contributed by atoms with van der Waals surface area (Å²) in [6.07, 6.45) is 1.59. The van der Waals surface area contributed by atoms with Gasteiger partial charge in [-0.25, -0.2) is 4.79 Å². The Kier molecular flexibility index (Phi) is 14.9. The first-order valence-electron chi connectivity index (χ1n) is 10.5. The Hall–Kier alpha value is -1.75. The standard InChI is InChI=1S/C21H38N4O5/c22-9-4-12-27-16-21(17-28-13-5-10-23,18-29-14-6-11-24)25-20(26)30-15-19-7-2-1-3-8-19/h1-3,7-8H,4-6,9-18,22-24H2,(H,25,26). The molecule has 0 aliphatic carbocycles. The lowest BCUT2D eigenvalue weighted by Crippen LogP contribution is -2.58. The van der Waals surface area contributed by atoms with Crippen molar-refractivity contribution in [1.82, 2.24) is 5.32 Å². The summed E-state index contributed by atoms with van der Waals surface area (Å²) < 4.78 is 22.7. The molecule has 0 fully saturated rings. The summed E-state index contributed by atoms with van der Waals surface area (Å²) >= 11 is 0. The SMILES string of the molecule is NCCCOCC(COCCCN)(COCCCN)NC(=O)OCc1ccccc1. The van der Waals surface area contributed by atoms with E-state index >= 15 is 0 Å². The van der Waals surface area contributed by atoms with Crippen LogP contribution >= 0.6 is 0 Å². The van der Waals surface area contributed by atoms with E-state index in [9.17, 15) is 4.79 Å². The number of alkyl carbamates (subject to hydrolysis) is 1. The number of hydrogen-bond acceptors (Lipinski definition) is 8. The molecule has 1 aromatic carbocycles. The van der Waals surface area contributed by atoms with Gasteiger partial charge in [0.15, 0.2) is 0 Å². The zero-order valence-corrected chi connectivity index (χ0v) is 17.9. The van der Waals surface area contributed by atoms with Gasteiger partial charge < -0.3 is 41.5 Å². The van der Waals surface area contributed by atoms with Gasteiger partial charge in [-0.1, -0.05) is 30.3 Å². The van der Waals surface area contributed by atoms with Crippen LogP contribution in [0, 0.1) is 0 Å². The van der Waals surface area contributed by atoms with Crippen molar-refractivity contribution >= 4 is 6.09 Å². The normalized spacial score (nSPS) is 11.4. The summed E-state index contributed by atoms with van der Waals surface area (Å²) in [5.41, 5.74) is 16.6. The molecule has 0 saturated carbocycles. The molecule has 0 bridgehead atoms. The molecule has 172 valence electrons. The van der Waals surface area contributed by atoms with Crippen molar-refractivity contribution in [1.29, 1.82) is 0 Å². The third kappa shape index (κ3) is 12.1. The zero-order chi connectivity index (χ0) is 21.9. The van der Waals surface area contributed by atoms with Gasteiger partial charge in [0.1, 0.15) is 12.1 Å². The van der Waals surface area contributed by atoms with E-state index in [2.05, 4.69) is 5.32 Å². The van der Waals surface area contributed by atoms with E-state index in [0.29, 0.717) is 39.5 Å². The molecule has 0 unspecified atom stereocenters. The third-order valence-electron chi connectivity index (χ3n) is 4.19. The van der Waals surface area contributed by atoms with Crippen molar-refractivity contribution in [2.45, 2.75) is 31.4 Å². The second kappa shape index (κ2) is 17.0. The van der Waals surface area contributed by atoms with Gasteiger partial charge >= 0.3 is 6.09 Å². The summed E-state index contributed by atoms with van der Waals surface area (Å²) in [5.74, 6) is 0. The number of rotatable bonds is 18. The minimum atomic E-state index is -0.897. The number of nitrogens with two attached hydrogens (primary N) is 3. The quantitative estimate of drug-likeness (QED) is 0.252. The average molecular weight is 427 g/mol. The van der Waals surface area contributed by atoms with Crippen LogP contribution in [0.5, 0.6) is 0 Å². The highest BCUT2D eigenvalue weighted by molar-refractivity contribution is 5.68. The van der Waals surface area contributed by atoms with E-state index in [1.54, 1.807) is 0 Å². The lowest BCUT2D eigenvalue weighted by Gasteiger charge is -2.33. The fourth-order valence-electron chi connectivity index (χ4n) is 2.57. The van der Waals surface area contributed by atoms with E-state index < -0.39 is 11.6 Å². The molecule has 0 atom stereocenters. The van der Waals surface area contributed by atoms with Crippen LogP contribution in [0.15, 0.2) is 30.3 Å². The Bertz CT molecular complexity index is 516. The summed E-state index contributed by atoms with van der Waals surface area (Å²) in [5, 5.41) is 2.90. The lowest BCUT2D eigenvalue weighted by atomic mass is 10.0. The van der Waals surface area contributed by atoms with Crippen LogP contribution < -0.4 is 22.5 Å². The fourth-order valence-corrected chi connectivity index (χ4v) is 2.57. The van der Waals surface area contributed by atoms with Gasteiger partial charge in [-0.15, -0.1) is 0 Å². The van der Waals surface area contributed by atoms with Crippen molar-refractivity contribution < 1.29 is 23.7 Å². The molecule has 0 aliphatic heterocycles. The van der Waals surface area contributed by atoms with Crippen LogP contribution in [0.4, 0.5) is 4.79 Å². The maximum absolute atomic E-state index is 12.5. The van der Waals surface area contributed by atoms with E-state index in [0.717, 1.165) is 24.8 Å². The number of amides is 1. The second-order valence-electron chi connectivity index (χ2n) is 7.05. The molecule has 0 radical (unpaired) electrons. The van der Waals surface area contributed by atoms with Crippen LogP contribution in [-0.4, -0.2) is 70.9 Å². The largest absolute Gasteiger partial charge is 0.445 e. The number of nitrogens with one attached hydrogen (secondary N) is 1. The Morgan fingerprint density at radius 3 is 1.70 bits per heavy atom. The Morgan fingerprint density at radius 2 is 1.27 bits per heavy atom. The molecule has 7 N–H and O–H groups in total. The van der Waals surface area contributed by atoms with Gasteiger partial charge in [-0.05, 0) is 44.5 Å². The minimum Gasteiger partial charge on any atom is -0.445 e. The molecule has 0 aromatic heterocycles. The second-order valence-corrected chi connectivity index (χ2v) is 7.05. The topological polar surface area (TPSA) is 144 Å². The summed E-state index contributed by atoms with van der Waals surface area (Å²) in [4.78, 5) is 12.5. The maximum atomic E-state index is 12.5. The summed E-state index contributed by atoms with van der Waals surface area (Å²) in [6.45, 7) is 3.80. The van der Waals surface area contributed by atoms with Crippen molar-refractivity contribution in [2.75, 3.05) is 59.3 Å². The van der Waals surface area contributed by atoms with Gasteiger partial charge in [0, 0.05) is 19.8 Å². The van der Waals surface area contributed by atoms with Crippen LogP contribution in [0.2, 0.25) is 0 Å². The van der Waals surface area contributed by atoms with Crippen LogP contribution in [-0.2, 0) is 25.6 Å². The monoisotopic (exact) mass is 426 g/mol. The Labute approximate surface area is 179 Å². The lowest BCUT2D eigenvalue weighted by molar-refractivity contribution is -0.0396. The van der Waals surface area contributed by atoms with Crippen LogP contribution in [0.3, 0.4) is 0 Å². The number of carbonyl (C=O) groups excluding carboxylic acids is 1. The molecule has 1 amide bonds. The maximum Gasteiger partial charge on any atom is 0.408 e. The van der Waals surface area contributed by atoms with E-state index in [1.165, 1.54) is 0 Å². The molecule has 1 rings (SSSR count). The van der Waals surface area contributed by atoms with Gasteiger partial charge in [0.25, 0.3) is 0 Å². The molecular formula is C21H38N4O5. The third-order valence-corrected chi connectivity index (χ3v) is 4.19. The molecule has 30 heavy (non-hydrogen) atoms. The molecule has 0 spiro atoms. The Morgan fingerprint density at radius 1 is 0.800 bits per heavy atom. The van der Waals surface area contributed by atoms with Crippen molar-refractivity contribution in [3.05, 3.63) is 35.9 Å². The molecule has 9 heteroatoms. The Balaban J connectivity index is 2.74. The highest BCUT2D eigenvalue weighted by atomic mass is 16.6. The predicted molar refractivity (Wildman–Crippen MR) is 116 cm³/mol. The number of carbonyl (C=O) groups is 1. The molecule has 0 heterocycles. The van der Waals surface area contributed by atoms with Crippen molar-refractivity contribution in [2.24, 2.45) is 17.2 Å². The van der Waals surface area contributed by atoms with E-state index in [4.69, 9.17) is 36.1 Å². The van der Waals surface area contributed by atoms with Crippen LogP contribution in [0.1, 0.15) is 24.8 Å². The first kappa shape index (κ1) is 26.3. The molecule has 0 aliphatic rings. The number of ether oxygens (including phenoxy) is 4. The van der Waals surface area contributed by atoms with E-state index in [-0.39, 0.29) is 26.4 Å². The fraction of sp³-hybridized carbons (Fsp3) is 0.667. The minimum absolute atomic E-state index is 0.166. The van der Waals surface area contributed by atoms with Gasteiger partial charge in [-0.3, -0.25) is 0 Å². The smallest absolute Gasteiger partial charge is 0.408 e. The number of hydrogen-bond donors (Lipinski definition) is 4. The first-order valence-corrected chi connectivity index (χ1v) is 10.5. The van der Waals surface area contributed by atoms with Crippen molar-refractivity contribution in [3.63, 3.8) is 0 Å². The first-order chi connectivity index (χ1) is 14.7. The predicted octanol–water partition coefficient (Wildman–Crippen LogP) is 0.748. The molecule has 9 nitrogen and oxygen atoms in total. The molecule has 1 aromatic rings. The highest BCUT2D eigenvalue weighted by Crippen LogP contribution is 2.11. The van der Waals surface area contributed by atoms with Crippen molar-refractivity contribution in [3.8, 4) is 0 Å². The van der Waals surface area contributed by atoms with Gasteiger partial charge in [0.05, 0.1) is 19.8 Å². The van der Waals surface area contributed by atoms with Gasteiger partial charge in [0.2, 0.25) is 0 Å². The average Bonchev–Trinajstić information content (AvgIpc) is 2.77. The molecule has 0 saturated heterocycles. The number of benzene rings is 1. The highest BCUT2D eigenvalue weighted by Gasteiger charge is 2.34. The molecular weight excluding hydrogens is 388 g/mol. The van der Waals surface area contributed by atoms with Gasteiger partial charge in [-0.2, -0.15) is 0 Å². The zero-order valence-electron chi connectivity index (χ0n) is 17.9. The summed E-state index contributed by atoms with van der Waals surface area (Å²) in [6, 6.07) is 9.47. The van der Waals surface area contributed by atoms with E-state index in [1.807, 2.05) is 30.3 Å². The van der Waals surface area contributed by atoms with Crippen LogP contribution in [0.25, 0.3) is 0 Å².